The number of nitrogens with zero attached hydrogens (tertiary/aromatic N) is 2. The van der Waals surface area contributed by atoms with Gasteiger partial charge in [-0.15, -0.1) is 0 Å². The van der Waals surface area contributed by atoms with Gasteiger partial charge in [-0.25, -0.2) is 0 Å². The predicted molar refractivity (Wildman–Crippen MR) is 105 cm³/mol. The van der Waals surface area contributed by atoms with Crippen LogP contribution in [-0.4, -0.2) is 125 Å². The molecule has 174 valence electrons. The first-order valence-corrected chi connectivity index (χ1v) is 10.4. The number of nitrogens with one attached hydrogen (secondary N) is 1. The molecule has 2 rings (SSSR count). The summed E-state index contributed by atoms with van der Waals surface area (Å²) >= 11 is 0. The van der Waals surface area contributed by atoms with Gasteiger partial charge in [0.05, 0.1) is 0 Å². The van der Waals surface area contributed by atoms with E-state index in [9.17, 15) is 30.0 Å². The molecule has 2 heterocycles. The molecule has 2 fully saturated rings. The lowest BCUT2D eigenvalue weighted by atomic mass is 9.98. The number of ether oxygens (including phenoxy) is 2. The summed E-state index contributed by atoms with van der Waals surface area (Å²) in [7, 11) is 0. The van der Waals surface area contributed by atoms with E-state index >= 15 is 0 Å². The van der Waals surface area contributed by atoms with Crippen molar-refractivity contribution >= 4 is 11.9 Å². The first-order chi connectivity index (χ1) is 14.2. The van der Waals surface area contributed by atoms with E-state index in [1.54, 1.807) is 0 Å². The molecule has 0 unspecified atom stereocenters. The molecule has 2 aliphatic heterocycles. The summed E-state index contributed by atoms with van der Waals surface area (Å²) in [5, 5.41) is 40.5. The summed E-state index contributed by atoms with van der Waals surface area (Å²) < 4.78 is 9.92. The van der Waals surface area contributed by atoms with Crippen LogP contribution in [0.3, 0.4) is 0 Å². The third-order valence-corrected chi connectivity index (χ3v) is 5.41. The second kappa shape index (κ2) is 11.9. The van der Waals surface area contributed by atoms with E-state index in [1.807, 2.05) is 0 Å². The molecule has 0 radical (unpaired) electrons. The standard InChI is InChI=1S/C19H35N3O8/c1-12(2)3-4-21-5-7-22(8-6-21)9-10-29-13(23)11-20-18(27)17-15(25)14(24)16(26)19(28)30-17/h12,14-17,19,24-26,28H,3-11H2,1-2H3,(H,20,27)/t14-,15-,16+,17-,19+/m0/s1. The van der Waals surface area contributed by atoms with Gasteiger partial charge in [-0.1, -0.05) is 13.8 Å². The summed E-state index contributed by atoms with van der Waals surface area (Å²) in [6.45, 7) is 9.73. The first-order valence-electron chi connectivity index (χ1n) is 10.4. The Balaban J connectivity index is 1.60. The van der Waals surface area contributed by atoms with Crippen molar-refractivity contribution in [2.45, 2.75) is 51.0 Å². The van der Waals surface area contributed by atoms with Crippen LogP contribution in [-0.2, 0) is 19.1 Å². The highest BCUT2D eigenvalue weighted by Crippen LogP contribution is 2.19. The molecule has 30 heavy (non-hydrogen) atoms. The van der Waals surface area contributed by atoms with Gasteiger partial charge in [0, 0.05) is 32.7 Å². The first kappa shape index (κ1) is 24.9. The van der Waals surface area contributed by atoms with E-state index in [1.165, 1.54) is 6.42 Å². The maximum Gasteiger partial charge on any atom is 0.325 e. The number of amides is 1. The van der Waals surface area contributed by atoms with Crippen molar-refractivity contribution in [3.8, 4) is 0 Å². The van der Waals surface area contributed by atoms with E-state index in [2.05, 4.69) is 29.0 Å². The molecule has 11 heteroatoms. The molecule has 0 aromatic carbocycles. The molecule has 11 nitrogen and oxygen atoms in total. The van der Waals surface area contributed by atoms with Gasteiger partial charge in [0.1, 0.15) is 31.5 Å². The van der Waals surface area contributed by atoms with E-state index < -0.39 is 49.1 Å². The summed E-state index contributed by atoms with van der Waals surface area (Å²) in [6, 6.07) is 0. The molecule has 5 N–H and O–H groups in total. The van der Waals surface area contributed by atoms with Crippen LogP contribution < -0.4 is 5.32 Å². The lowest BCUT2D eigenvalue weighted by Crippen LogP contribution is -2.61. The van der Waals surface area contributed by atoms with Crippen molar-refractivity contribution in [3.63, 3.8) is 0 Å². The Hall–Kier alpha value is -1.34. The molecule has 2 aliphatic rings. The molecule has 0 bridgehead atoms. The smallest absolute Gasteiger partial charge is 0.325 e. The topological polar surface area (TPSA) is 152 Å². The molecule has 0 aliphatic carbocycles. The normalized spacial score (nSPS) is 31.0. The SMILES string of the molecule is CC(C)CCN1CCN(CCOC(=O)CNC(=O)[C@H]2O[C@@H](O)[C@H](O)[C@@H](O)[C@@H]2O)CC1. The minimum absolute atomic E-state index is 0.201. The zero-order valence-corrected chi connectivity index (χ0v) is 17.6. The number of aliphatic hydroxyl groups excluding tert-OH is 4. The Bertz CT molecular complexity index is 556. The highest BCUT2D eigenvalue weighted by Gasteiger charge is 2.46. The van der Waals surface area contributed by atoms with Crippen LogP contribution in [0.5, 0.6) is 0 Å². The number of aliphatic hydroxyl groups is 4. The summed E-state index contributed by atoms with van der Waals surface area (Å²) in [5.41, 5.74) is 0. The van der Waals surface area contributed by atoms with E-state index in [4.69, 9.17) is 9.47 Å². The van der Waals surface area contributed by atoms with Gasteiger partial charge in [-0.3, -0.25) is 14.5 Å². The molecular weight excluding hydrogens is 398 g/mol. The maximum atomic E-state index is 12.0. The van der Waals surface area contributed by atoms with Crippen LogP contribution >= 0.6 is 0 Å². The van der Waals surface area contributed by atoms with Crippen LogP contribution in [0.4, 0.5) is 0 Å². The third kappa shape index (κ3) is 7.41. The number of esters is 1. The summed E-state index contributed by atoms with van der Waals surface area (Å²) in [6.07, 6.45) is -7.47. The molecule has 0 saturated carbocycles. The van der Waals surface area contributed by atoms with Crippen molar-refractivity contribution in [2.75, 3.05) is 52.4 Å². The van der Waals surface area contributed by atoms with Crippen LogP contribution in [0.1, 0.15) is 20.3 Å². The van der Waals surface area contributed by atoms with Gasteiger partial charge in [0.2, 0.25) is 0 Å². The number of hydrogen-bond acceptors (Lipinski definition) is 10. The van der Waals surface area contributed by atoms with Crippen molar-refractivity contribution in [2.24, 2.45) is 5.92 Å². The third-order valence-electron chi connectivity index (χ3n) is 5.41. The Morgan fingerprint density at radius 3 is 2.20 bits per heavy atom. The van der Waals surface area contributed by atoms with Crippen molar-refractivity contribution in [3.05, 3.63) is 0 Å². The van der Waals surface area contributed by atoms with Crippen molar-refractivity contribution in [1.29, 1.82) is 0 Å². The number of hydrogen-bond donors (Lipinski definition) is 5. The van der Waals surface area contributed by atoms with Gasteiger partial charge in [0.25, 0.3) is 5.91 Å². The quantitative estimate of drug-likeness (QED) is 0.240. The average Bonchev–Trinajstić information content (AvgIpc) is 2.72. The van der Waals surface area contributed by atoms with Gasteiger partial charge < -0.3 is 40.1 Å². The van der Waals surface area contributed by atoms with Gasteiger partial charge in [0.15, 0.2) is 12.4 Å². The van der Waals surface area contributed by atoms with Crippen LogP contribution in [0, 0.1) is 5.92 Å². The fraction of sp³-hybridized carbons (Fsp3) is 0.895. The van der Waals surface area contributed by atoms with Gasteiger partial charge >= 0.3 is 5.97 Å². The van der Waals surface area contributed by atoms with Crippen LogP contribution in [0.25, 0.3) is 0 Å². The molecular formula is C19H35N3O8. The Kier molecular flexibility index (Phi) is 9.88. The van der Waals surface area contributed by atoms with Gasteiger partial charge in [-0.2, -0.15) is 0 Å². The molecule has 0 aromatic heterocycles. The summed E-state index contributed by atoms with van der Waals surface area (Å²) in [5.74, 6) is -0.857. The second-order valence-corrected chi connectivity index (χ2v) is 8.22. The Morgan fingerprint density at radius 1 is 1.00 bits per heavy atom. The lowest BCUT2D eigenvalue weighted by Gasteiger charge is -2.37. The van der Waals surface area contributed by atoms with E-state index in [0.29, 0.717) is 12.5 Å². The molecule has 2 saturated heterocycles. The highest BCUT2D eigenvalue weighted by atomic mass is 16.6. The van der Waals surface area contributed by atoms with Crippen LogP contribution in [0.2, 0.25) is 0 Å². The lowest BCUT2D eigenvalue weighted by molar-refractivity contribution is -0.275. The number of carbonyl (C=O) groups is 2. The summed E-state index contributed by atoms with van der Waals surface area (Å²) in [4.78, 5) is 28.5. The largest absolute Gasteiger partial charge is 0.463 e. The van der Waals surface area contributed by atoms with Crippen molar-refractivity contribution in [1.82, 2.24) is 15.1 Å². The van der Waals surface area contributed by atoms with Crippen molar-refractivity contribution < 1.29 is 39.5 Å². The molecule has 5 atom stereocenters. The second-order valence-electron chi connectivity index (χ2n) is 8.22. The van der Waals surface area contributed by atoms with Gasteiger partial charge in [-0.05, 0) is 18.9 Å². The molecule has 1 amide bonds. The number of carbonyl (C=O) groups excluding carboxylic acids is 2. The molecule has 0 spiro atoms. The van der Waals surface area contributed by atoms with E-state index in [-0.39, 0.29) is 6.61 Å². The highest BCUT2D eigenvalue weighted by molar-refractivity contribution is 5.85. The molecule has 0 aromatic rings. The van der Waals surface area contributed by atoms with Crippen LogP contribution in [0.15, 0.2) is 0 Å². The minimum atomic E-state index is -1.82. The minimum Gasteiger partial charge on any atom is -0.463 e. The fourth-order valence-electron chi connectivity index (χ4n) is 3.35. The zero-order valence-electron chi connectivity index (χ0n) is 17.6. The number of rotatable bonds is 9. The Labute approximate surface area is 176 Å². The fourth-order valence-corrected chi connectivity index (χ4v) is 3.35. The number of piperazine rings is 1. The predicted octanol–water partition coefficient (Wildman–Crippen LogP) is -2.89. The Morgan fingerprint density at radius 2 is 1.60 bits per heavy atom. The zero-order chi connectivity index (χ0) is 22.3. The maximum absolute atomic E-state index is 12.0. The monoisotopic (exact) mass is 433 g/mol. The average molecular weight is 434 g/mol. The van der Waals surface area contributed by atoms with E-state index in [0.717, 1.165) is 32.7 Å².